The highest BCUT2D eigenvalue weighted by molar-refractivity contribution is 5.93. The van der Waals surface area contributed by atoms with Crippen molar-refractivity contribution in [3.8, 4) is 0 Å². The molecular weight excluding hydrogens is 412 g/mol. The average molecular weight is 439 g/mol. The summed E-state index contributed by atoms with van der Waals surface area (Å²) in [5.74, 6) is 1.23. The summed E-state index contributed by atoms with van der Waals surface area (Å²) in [6.45, 7) is 4.30. The van der Waals surface area contributed by atoms with Crippen LogP contribution in [0.4, 0.5) is 28.8 Å². The third-order valence-electron chi connectivity index (χ3n) is 6.76. The van der Waals surface area contributed by atoms with Crippen LogP contribution < -0.4 is 15.5 Å². The highest BCUT2D eigenvalue weighted by Crippen LogP contribution is 2.34. The molecule has 2 aromatic carbocycles. The molecule has 0 amide bonds. The Morgan fingerprint density at radius 2 is 1.85 bits per heavy atom. The van der Waals surface area contributed by atoms with Crippen molar-refractivity contribution in [2.75, 3.05) is 35.7 Å². The molecule has 2 bridgehead atoms. The smallest absolute Gasteiger partial charge is 0.229 e. The Kier molecular flexibility index (Phi) is 4.80. The summed E-state index contributed by atoms with van der Waals surface area (Å²) in [6.07, 6.45) is 4.73. The molecule has 2 atom stereocenters. The van der Waals surface area contributed by atoms with Gasteiger partial charge >= 0.3 is 0 Å². The maximum Gasteiger partial charge on any atom is 0.229 e. The van der Waals surface area contributed by atoms with E-state index in [0.29, 0.717) is 23.8 Å². The summed E-state index contributed by atoms with van der Waals surface area (Å²) in [7, 11) is 2.23. The summed E-state index contributed by atoms with van der Waals surface area (Å²) in [4.78, 5) is 14.0. The summed E-state index contributed by atoms with van der Waals surface area (Å²) in [5, 5.41) is 16.1. The van der Waals surface area contributed by atoms with E-state index >= 15 is 0 Å². The van der Waals surface area contributed by atoms with Crippen molar-refractivity contribution in [1.29, 1.82) is 0 Å². The number of rotatable bonds is 5. The van der Waals surface area contributed by atoms with E-state index in [9.17, 15) is 0 Å². The van der Waals surface area contributed by atoms with E-state index in [4.69, 9.17) is 0 Å². The highest BCUT2D eigenvalue weighted by atomic mass is 15.3. The number of fused-ring (bicyclic) bond motifs is 3. The van der Waals surface area contributed by atoms with Crippen LogP contribution >= 0.6 is 0 Å². The molecule has 33 heavy (non-hydrogen) atoms. The van der Waals surface area contributed by atoms with Crippen LogP contribution in [-0.4, -0.2) is 57.3 Å². The summed E-state index contributed by atoms with van der Waals surface area (Å²) >= 11 is 0. The summed E-state index contributed by atoms with van der Waals surface area (Å²) < 4.78 is 0. The molecule has 4 aromatic rings. The van der Waals surface area contributed by atoms with Crippen molar-refractivity contribution in [3.63, 3.8) is 0 Å². The Hall–Kier alpha value is -3.78. The molecule has 2 N–H and O–H groups in total. The molecule has 2 saturated heterocycles. The fraction of sp³-hybridized carbons (Fsp3) is 0.280. The van der Waals surface area contributed by atoms with Gasteiger partial charge in [-0.15, -0.1) is 0 Å². The zero-order valence-electron chi connectivity index (χ0n) is 18.7. The minimum absolute atomic E-state index is 0.539. The third kappa shape index (κ3) is 3.72. The number of aromatic nitrogens is 4. The largest absolute Gasteiger partial charge is 0.366 e. The molecule has 0 saturated carbocycles. The topological polar surface area (TPSA) is 82.1 Å². The zero-order chi connectivity index (χ0) is 22.4. The second kappa shape index (κ2) is 7.97. The van der Waals surface area contributed by atoms with Gasteiger partial charge in [-0.05, 0) is 56.3 Å². The Balaban J connectivity index is 1.18. The minimum atomic E-state index is 0.539. The number of hydrogen-bond donors (Lipinski definition) is 2. The molecular formula is C25H26N8. The van der Waals surface area contributed by atoms with Crippen molar-refractivity contribution >= 4 is 39.7 Å². The van der Waals surface area contributed by atoms with E-state index in [2.05, 4.69) is 71.9 Å². The molecule has 2 aliphatic rings. The Morgan fingerprint density at radius 1 is 0.970 bits per heavy atom. The molecule has 0 spiro atoms. The van der Waals surface area contributed by atoms with E-state index < -0.39 is 0 Å². The lowest BCUT2D eigenvalue weighted by atomic mass is 10.1. The van der Waals surface area contributed by atoms with Crippen LogP contribution in [0.5, 0.6) is 0 Å². The van der Waals surface area contributed by atoms with Gasteiger partial charge in [0.25, 0.3) is 0 Å². The molecule has 2 aromatic heterocycles. The number of likely N-dealkylation sites (N-methyl/N-ethyl adjacent to an activating group) is 1. The molecule has 166 valence electrons. The summed E-state index contributed by atoms with van der Waals surface area (Å²) in [5.41, 5.74) is 5.08. The Labute approximate surface area is 192 Å². The quantitative estimate of drug-likeness (QED) is 0.482. The number of likely N-dealkylation sites (tertiary alicyclic amines) is 1. The first-order valence-corrected chi connectivity index (χ1v) is 11.3. The average Bonchev–Trinajstić information content (AvgIpc) is 3.40. The number of hydrogen-bond acceptors (Lipinski definition) is 8. The second-order valence-electron chi connectivity index (χ2n) is 8.93. The van der Waals surface area contributed by atoms with Crippen LogP contribution in [0.2, 0.25) is 0 Å². The first-order chi connectivity index (χ1) is 16.1. The van der Waals surface area contributed by atoms with Crippen molar-refractivity contribution in [2.24, 2.45) is 0 Å². The normalized spacial score (nSPS) is 19.9. The van der Waals surface area contributed by atoms with E-state index in [1.165, 1.54) is 12.1 Å². The minimum Gasteiger partial charge on any atom is -0.366 e. The fourth-order valence-electron chi connectivity index (χ4n) is 5.00. The Bertz CT molecular complexity index is 1300. The first kappa shape index (κ1) is 19.9. The van der Waals surface area contributed by atoms with Crippen molar-refractivity contribution in [2.45, 2.75) is 25.4 Å². The van der Waals surface area contributed by atoms with Crippen LogP contribution in [0.1, 0.15) is 12.0 Å². The fourth-order valence-corrected chi connectivity index (χ4v) is 5.00. The maximum absolute atomic E-state index is 4.63. The van der Waals surface area contributed by atoms with Gasteiger partial charge in [-0.2, -0.15) is 15.2 Å². The molecule has 0 aliphatic carbocycles. The van der Waals surface area contributed by atoms with Crippen molar-refractivity contribution < 1.29 is 0 Å². The number of nitrogens with one attached hydrogen (secondary N) is 2. The van der Waals surface area contributed by atoms with Crippen LogP contribution in [0, 0.1) is 6.92 Å². The van der Waals surface area contributed by atoms with Crippen LogP contribution in [-0.2, 0) is 0 Å². The summed E-state index contributed by atoms with van der Waals surface area (Å²) in [6, 6.07) is 17.8. The van der Waals surface area contributed by atoms with Gasteiger partial charge in [0, 0.05) is 48.1 Å². The highest BCUT2D eigenvalue weighted by Gasteiger charge is 2.41. The van der Waals surface area contributed by atoms with Gasteiger partial charge in [0.2, 0.25) is 5.95 Å². The van der Waals surface area contributed by atoms with E-state index in [1.54, 1.807) is 12.4 Å². The molecule has 0 radical (unpaired) electrons. The molecule has 4 heterocycles. The lowest BCUT2D eigenvalue weighted by Gasteiger charge is -2.33. The van der Waals surface area contributed by atoms with Gasteiger partial charge in [0.1, 0.15) is 5.82 Å². The molecule has 2 unspecified atom stereocenters. The van der Waals surface area contributed by atoms with E-state index in [1.807, 2.05) is 31.2 Å². The number of nitrogens with zero attached hydrogens (tertiary/aromatic N) is 6. The lowest BCUT2D eigenvalue weighted by Crippen LogP contribution is -2.44. The van der Waals surface area contributed by atoms with Crippen molar-refractivity contribution in [3.05, 3.63) is 66.5 Å². The second-order valence-corrected chi connectivity index (χ2v) is 8.93. The van der Waals surface area contributed by atoms with Crippen LogP contribution in [0.25, 0.3) is 10.9 Å². The van der Waals surface area contributed by atoms with Gasteiger partial charge in [-0.3, -0.25) is 4.90 Å². The van der Waals surface area contributed by atoms with Crippen LogP contribution in [0.15, 0.2) is 60.9 Å². The van der Waals surface area contributed by atoms with E-state index in [0.717, 1.165) is 40.9 Å². The van der Waals surface area contributed by atoms with Gasteiger partial charge in [0.05, 0.1) is 17.4 Å². The van der Waals surface area contributed by atoms with Crippen LogP contribution in [0.3, 0.4) is 0 Å². The van der Waals surface area contributed by atoms with E-state index in [-0.39, 0.29) is 0 Å². The molecule has 8 nitrogen and oxygen atoms in total. The number of anilines is 5. The maximum atomic E-state index is 4.63. The molecule has 8 heteroatoms. The van der Waals surface area contributed by atoms with Gasteiger partial charge in [-0.1, -0.05) is 18.2 Å². The van der Waals surface area contributed by atoms with Gasteiger partial charge in [0.15, 0.2) is 0 Å². The van der Waals surface area contributed by atoms with Gasteiger partial charge < -0.3 is 15.5 Å². The molecule has 2 fully saturated rings. The Morgan fingerprint density at radius 3 is 2.64 bits per heavy atom. The number of piperazine rings is 1. The molecule has 6 rings (SSSR count). The lowest BCUT2D eigenvalue weighted by molar-refractivity contribution is 0.292. The predicted molar refractivity (Wildman–Crippen MR) is 131 cm³/mol. The first-order valence-electron chi connectivity index (χ1n) is 11.3. The predicted octanol–water partition coefficient (Wildman–Crippen LogP) is 4.11. The SMILES string of the molecule is Cc1cccc2c(Nc3ccnc(Nc4ccc(N5CC6CC5CN6C)cc4)n3)cnnc12. The van der Waals surface area contributed by atoms with Gasteiger partial charge in [-0.25, -0.2) is 4.98 Å². The third-order valence-corrected chi connectivity index (χ3v) is 6.76. The zero-order valence-corrected chi connectivity index (χ0v) is 18.7. The number of aryl methyl sites for hydroxylation is 1. The number of benzene rings is 2. The standard InChI is InChI=1S/C25H26N8/c1-16-4-3-5-21-22(13-27-31-24(16)21)29-23-10-11-26-25(30-23)28-17-6-8-18(9-7-17)33-15-19-12-20(33)14-32(19)2/h3-11,13,19-20H,12,14-15H2,1-2H3,(H2,26,28,29,30,31). The monoisotopic (exact) mass is 438 g/mol. The van der Waals surface area contributed by atoms with Crippen molar-refractivity contribution in [1.82, 2.24) is 25.1 Å². The molecule has 2 aliphatic heterocycles.